The summed E-state index contributed by atoms with van der Waals surface area (Å²) in [5.74, 6) is -0.418. The van der Waals surface area contributed by atoms with Crippen molar-refractivity contribution in [1.29, 1.82) is 0 Å². The summed E-state index contributed by atoms with van der Waals surface area (Å²) >= 11 is 5.86. The molecule has 1 aliphatic heterocycles. The summed E-state index contributed by atoms with van der Waals surface area (Å²) in [5, 5.41) is 13.5. The molecular formula is C14H20ClFN2O. The average molecular weight is 287 g/mol. The fourth-order valence-corrected chi connectivity index (χ4v) is 2.59. The fraction of sp³-hybridized carbons (Fsp3) is 0.571. The molecule has 0 bridgehead atoms. The van der Waals surface area contributed by atoms with Crippen LogP contribution in [0, 0.1) is 5.82 Å². The first-order chi connectivity index (χ1) is 8.87. The zero-order valence-electron chi connectivity index (χ0n) is 11.3. The van der Waals surface area contributed by atoms with E-state index >= 15 is 0 Å². The van der Waals surface area contributed by atoms with Crippen LogP contribution in [0.2, 0.25) is 5.02 Å². The molecule has 0 spiro atoms. The monoisotopic (exact) mass is 286 g/mol. The van der Waals surface area contributed by atoms with E-state index in [1.165, 1.54) is 6.07 Å². The number of aliphatic hydroxyl groups is 1. The maximum absolute atomic E-state index is 13.3. The van der Waals surface area contributed by atoms with E-state index in [1.54, 1.807) is 26.0 Å². The molecular weight excluding hydrogens is 267 g/mol. The second-order valence-electron chi connectivity index (χ2n) is 5.69. The minimum Gasteiger partial charge on any atom is -0.389 e. The summed E-state index contributed by atoms with van der Waals surface area (Å²) < 4.78 is 13.3. The molecule has 1 unspecified atom stereocenters. The quantitative estimate of drug-likeness (QED) is 0.892. The SMILES string of the molecule is CC(C)(O)CN(c1ccc(F)c(Cl)c1)C1CCNC1. The number of benzene rings is 1. The molecule has 106 valence electrons. The van der Waals surface area contributed by atoms with Gasteiger partial charge in [-0.3, -0.25) is 0 Å². The zero-order chi connectivity index (χ0) is 14.0. The lowest BCUT2D eigenvalue weighted by atomic mass is 10.1. The van der Waals surface area contributed by atoms with Gasteiger partial charge >= 0.3 is 0 Å². The van der Waals surface area contributed by atoms with Crippen molar-refractivity contribution in [2.24, 2.45) is 0 Å². The molecule has 1 aromatic rings. The van der Waals surface area contributed by atoms with Crippen LogP contribution in [0.15, 0.2) is 18.2 Å². The van der Waals surface area contributed by atoms with Crippen molar-refractivity contribution in [2.75, 3.05) is 24.5 Å². The van der Waals surface area contributed by atoms with Crippen molar-refractivity contribution in [1.82, 2.24) is 5.32 Å². The molecule has 1 aromatic carbocycles. The van der Waals surface area contributed by atoms with Crippen molar-refractivity contribution in [2.45, 2.75) is 31.9 Å². The Bertz CT molecular complexity index is 442. The van der Waals surface area contributed by atoms with Crippen molar-refractivity contribution in [3.8, 4) is 0 Å². The van der Waals surface area contributed by atoms with E-state index in [4.69, 9.17) is 11.6 Å². The van der Waals surface area contributed by atoms with Crippen LogP contribution in [0.1, 0.15) is 20.3 Å². The van der Waals surface area contributed by atoms with E-state index in [0.29, 0.717) is 12.6 Å². The Kier molecular flexibility index (Phi) is 4.33. The number of hydrogen-bond donors (Lipinski definition) is 2. The lowest BCUT2D eigenvalue weighted by Crippen LogP contribution is -2.45. The summed E-state index contributed by atoms with van der Waals surface area (Å²) in [6.07, 6.45) is 1.01. The Hall–Kier alpha value is -0.840. The molecule has 1 aliphatic rings. The third-order valence-corrected chi connectivity index (χ3v) is 3.56. The van der Waals surface area contributed by atoms with Gasteiger partial charge in [0, 0.05) is 24.8 Å². The third-order valence-electron chi connectivity index (χ3n) is 3.27. The minimum atomic E-state index is -0.816. The van der Waals surface area contributed by atoms with E-state index in [1.807, 2.05) is 0 Å². The molecule has 0 aliphatic carbocycles. The number of nitrogens with one attached hydrogen (secondary N) is 1. The van der Waals surface area contributed by atoms with Gasteiger partial charge in [-0.1, -0.05) is 11.6 Å². The van der Waals surface area contributed by atoms with Gasteiger partial charge in [0.25, 0.3) is 0 Å². The first-order valence-electron chi connectivity index (χ1n) is 6.51. The first kappa shape index (κ1) is 14.6. The summed E-state index contributed by atoms with van der Waals surface area (Å²) in [6.45, 7) is 5.86. The van der Waals surface area contributed by atoms with Gasteiger partial charge in [0.1, 0.15) is 5.82 Å². The predicted octanol–water partition coefficient (Wildman–Crippen LogP) is 2.42. The molecule has 19 heavy (non-hydrogen) atoms. The highest BCUT2D eigenvalue weighted by molar-refractivity contribution is 6.31. The molecule has 2 rings (SSSR count). The van der Waals surface area contributed by atoms with Crippen LogP contribution in [0.25, 0.3) is 0 Å². The van der Waals surface area contributed by atoms with E-state index in [0.717, 1.165) is 25.2 Å². The average Bonchev–Trinajstić information content (AvgIpc) is 2.82. The highest BCUT2D eigenvalue weighted by Gasteiger charge is 2.27. The van der Waals surface area contributed by atoms with Crippen LogP contribution < -0.4 is 10.2 Å². The maximum atomic E-state index is 13.3. The van der Waals surface area contributed by atoms with Crippen molar-refractivity contribution in [3.05, 3.63) is 29.0 Å². The van der Waals surface area contributed by atoms with Gasteiger partial charge in [-0.15, -0.1) is 0 Å². The number of anilines is 1. The highest BCUT2D eigenvalue weighted by Crippen LogP contribution is 2.27. The van der Waals surface area contributed by atoms with E-state index in [2.05, 4.69) is 10.2 Å². The minimum absolute atomic E-state index is 0.115. The number of rotatable bonds is 4. The van der Waals surface area contributed by atoms with Crippen LogP contribution >= 0.6 is 11.6 Å². The fourth-order valence-electron chi connectivity index (χ4n) is 2.42. The Morgan fingerprint density at radius 2 is 2.26 bits per heavy atom. The second kappa shape index (κ2) is 5.65. The number of hydrogen-bond acceptors (Lipinski definition) is 3. The molecule has 0 radical (unpaired) electrons. The van der Waals surface area contributed by atoms with Crippen LogP contribution in [0.4, 0.5) is 10.1 Å². The Labute approximate surface area is 118 Å². The van der Waals surface area contributed by atoms with Gasteiger partial charge in [-0.05, 0) is 45.0 Å². The van der Waals surface area contributed by atoms with Gasteiger partial charge in [0.05, 0.1) is 10.6 Å². The highest BCUT2D eigenvalue weighted by atomic mass is 35.5. The largest absolute Gasteiger partial charge is 0.389 e. The maximum Gasteiger partial charge on any atom is 0.141 e. The Morgan fingerprint density at radius 3 is 2.79 bits per heavy atom. The first-order valence-corrected chi connectivity index (χ1v) is 6.89. The molecule has 0 amide bonds. The number of nitrogens with zero attached hydrogens (tertiary/aromatic N) is 1. The van der Waals surface area contributed by atoms with E-state index in [9.17, 15) is 9.50 Å². The van der Waals surface area contributed by atoms with Gasteiger partial charge < -0.3 is 15.3 Å². The molecule has 5 heteroatoms. The topological polar surface area (TPSA) is 35.5 Å². The zero-order valence-corrected chi connectivity index (χ0v) is 12.0. The molecule has 1 saturated heterocycles. The predicted molar refractivity (Wildman–Crippen MR) is 76.3 cm³/mol. The second-order valence-corrected chi connectivity index (χ2v) is 6.09. The molecule has 1 atom stereocenters. The van der Waals surface area contributed by atoms with E-state index < -0.39 is 11.4 Å². The van der Waals surface area contributed by atoms with Crippen molar-refractivity contribution >= 4 is 17.3 Å². The molecule has 0 aromatic heterocycles. The summed E-state index contributed by atoms with van der Waals surface area (Å²) in [5.41, 5.74) is 0.0333. The summed E-state index contributed by atoms with van der Waals surface area (Å²) in [7, 11) is 0. The smallest absolute Gasteiger partial charge is 0.141 e. The lowest BCUT2D eigenvalue weighted by Gasteiger charge is -2.35. The van der Waals surface area contributed by atoms with Crippen LogP contribution in [-0.4, -0.2) is 36.4 Å². The normalized spacial score (nSPS) is 19.7. The molecule has 0 saturated carbocycles. The van der Waals surface area contributed by atoms with Crippen molar-refractivity contribution in [3.63, 3.8) is 0 Å². The summed E-state index contributed by atoms with van der Waals surface area (Å²) in [4.78, 5) is 2.10. The molecule has 2 N–H and O–H groups in total. The van der Waals surface area contributed by atoms with Crippen molar-refractivity contribution < 1.29 is 9.50 Å². The molecule has 1 fully saturated rings. The Balaban J connectivity index is 2.27. The van der Waals surface area contributed by atoms with Crippen LogP contribution in [0.5, 0.6) is 0 Å². The summed E-state index contributed by atoms with van der Waals surface area (Å²) in [6, 6.07) is 5.01. The Morgan fingerprint density at radius 1 is 1.53 bits per heavy atom. The standard InChI is InChI=1S/C14H20ClFN2O/c1-14(2,19)9-18(11-5-6-17-8-11)10-3-4-13(16)12(15)7-10/h3-4,7,11,17,19H,5-6,8-9H2,1-2H3. The van der Waals surface area contributed by atoms with Crippen LogP contribution in [0.3, 0.4) is 0 Å². The van der Waals surface area contributed by atoms with Gasteiger partial charge in [-0.2, -0.15) is 0 Å². The number of halogens is 2. The third kappa shape index (κ3) is 3.81. The lowest BCUT2D eigenvalue weighted by molar-refractivity contribution is 0.0855. The van der Waals surface area contributed by atoms with Crippen LogP contribution in [-0.2, 0) is 0 Å². The van der Waals surface area contributed by atoms with Gasteiger partial charge in [0.2, 0.25) is 0 Å². The molecule has 3 nitrogen and oxygen atoms in total. The molecule has 1 heterocycles. The van der Waals surface area contributed by atoms with Gasteiger partial charge in [-0.25, -0.2) is 4.39 Å². The van der Waals surface area contributed by atoms with Gasteiger partial charge in [0.15, 0.2) is 0 Å². The van der Waals surface area contributed by atoms with E-state index in [-0.39, 0.29) is 5.02 Å².